The van der Waals surface area contributed by atoms with E-state index >= 15 is 0 Å². The van der Waals surface area contributed by atoms with Crippen molar-refractivity contribution in [2.24, 2.45) is 10.7 Å². The highest BCUT2D eigenvalue weighted by Gasteiger charge is 2.05. The lowest BCUT2D eigenvalue weighted by Gasteiger charge is -2.19. The maximum absolute atomic E-state index is 5.92. The molecule has 0 unspecified atom stereocenters. The second-order valence-electron chi connectivity index (χ2n) is 4.21. The molecule has 7 heteroatoms. The number of hydrogen-bond acceptors (Lipinski definition) is 3. The monoisotopic (exact) mass is 388 g/mol. The number of fused-ring (bicyclic) bond motifs is 1. The van der Waals surface area contributed by atoms with Crippen LogP contribution in [0, 0.1) is 0 Å². The van der Waals surface area contributed by atoms with E-state index in [1.807, 2.05) is 33.7 Å². The maximum atomic E-state index is 5.92. The number of pyridine rings is 1. The molecule has 0 atom stereocenters. The first kappa shape index (κ1) is 16.7. The number of aliphatic imine (C=N–C) groups is 1. The fourth-order valence-corrected chi connectivity index (χ4v) is 1.98. The van der Waals surface area contributed by atoms with E-state index in [-0.39, 0.29) is 24.0 Å². The van der Waals surface area contributed by atoms with Gasteiger partial charge in [-0.05, 0) is 26.0 Å². The van der Waals surface area contributed by atoms with Crippen molar-refractivity contribution in [3.63, 3.8) is 0 Å². The summed E-state index contributed by atoms with van der Waals surface area (Å²) < 4.78 is 1.98. The van der Waals surface area contributed by atoms with Gasteiger partial charge in [0.25, 0.3) is 0 Å². The summed E-state index contributed by atoms with van der Waals surface area (Å²) in [5.41, 5.74) is 6.78. The molecule has 2 N–H and O–H groups in total. The summed E-state index contributed by atoms with van der Waals surface area (Å²) in [6.45, 7) is 6.51. The van der Waals surface area contributed by atoms with Crippen LogP contribution in [0.1, 0.15) is 19.7 Å². The molecule has 2 aromatic rings. The van der Waals surface area contributed by atoms with Crippen molar-refractivity contribution in [3.8, 4) is 0 Å². The molecule has 0 spiro atoms. The van der Waals surface area contributed by atoms with Crippen molar-refractivity contribution in [2.75, 3.05) is 19.6 Å². The number of nitrogens with zero attached hydrogens (tertiary/aromatic N) is 5. The Bertz CT molecular complexity index is 561. The van der Waals surface area contributed by atoms with Crippen LogP contribution in [0.15, 0.2) is 29.4 Å². The zero-order valence-corrected chi connectivity index (χ0v) is 14.2. The van der Waals surface area contributed by atoms with Crippen molar-refractivity contribution >= 4 is 35.6 Å². The van der Waals surface area contributed by atoms with Gasteiger partial charge >= 0.3 is 0 Å². The Morgan fingerprint density at radius 2 is 2.05 bits per heavy atom. The lowest BCUT2D eigenvalue weighted by atomic mass is 10.4. The van der Waals surface area contributed by atoms with Crippen molar-refractivity contribution in [3.05, 3.63) is 30.2 Å². The van der Waals surface area contributed by atoms with Crippen LogP contribution < -0.4 is 5.73 Å². The fraction of sp³-hybridized carbons (Fsp3) is 0.462. The molecule has 0 aromatic carbocycles. The van der Waals surface area contributed by atoms with Crippen molar-refractivity contribution in [1.82, 2.24) is 19.5 Å². The molecular formula is C13H21IN6. The van der Waals surface area contributed by atoms with Gasteiger partial charge < -0.3 is 10.6 Å². The van der Waals surface area contributed by atoms with Crippen LogP contribution in [0.2, 0.25) is 0 Å². The van der Waals surface area contributed by atoms with Crippen LogP contribution in [0.5, 0.6) is 0 Å². The van der Waals surface area contributed by atoms with Gasteiger partial charge in [0.15, 0.2) is 11.6 Å². The minimum atomic E-state index is 0. The Kier molecular flexibility index (Phi) is 6.69. The molecule has 0 radical (unpaired) electrons. The molecule has 0 bridgehead atoms. The van der Waals surface area contributed by atoms with Gasteiger partial charge in [-0.1, -0.05) is 6.07 Å². The Hall–Kier alpha value is -1.38. The first-order valence-corrected chi connectivity index (χ1v) is 6.59. The van der Waals surface area contributed by atoms with E-state index in [1.54, 1.807) is 0 Å². The molecule has 0 saturated carbocycles. The molecule has 0 amide bonds. The normalized spacial score (nSPS) is 11.4. The number of rotatable bonds is 5. The molecule has 0 fully saturated rings. The van der Waals surface area contributed by atoms with Gasteiger partial charge in [-0.15, -0.1) is 34.2 Å². The molecule has 0 aliphatic rings. The minimum Gasteiger partial charge on any atom is -0.370 e. The third-order valence-electron chi connectivity index (χ3n) is 3.08. The van der Waals surface area contributed by atoms with Gasteiger partial charge in [0.1, 0.15) is 5.82 Å². The predicted octanol–water partition coefficient (Wildman–Crippen LogP) is 1.55. The maximum Gasteiger partial charge on any atom is 0.191 e. The summed E-state index contributed by atoms with van der Waals surface area (Å²) in [6.07, 6.45) is 2.69. The van der Waals surface area contributed by atoms with E-state index in [4.69, 9.17) is 5.73 Å². The summed E-state index contributed by atoms with van der Waals surface area (Å²) in [7, 11) is 0. The van der Waals surface area contributed by atoms with E-state index in [0.29, 0.717) is 12.5 Å². The Labute approximate surface area is 136 Å². The van der Waals surface area contributed by atoms with Crippen LogP contribution in [0.4, 0.5) is 0 Å². The van der Waals surface area contributed by atoms with Crippen LogP contribution in [-0.4, -0.2) is 45.1 Å². The number of guanidine groups is 1. The van der Waals surface area contributed by atoms with Gasteiger partial charge in [-0.3, -0.25) is 9.39 Å². The van der Waals surface area contributed by atoms with E-state index in [1.165, 1.54) is 0 Å². The Balaban J connectivity index is 0.00000200. The molecule has 0 saturated heterocycles. The Morgan fingerprint density at radius 3 is 2.75 bits per heavy atom. The molecule has 0 aliphatic carbocycles. The number of aromatic nitrogens is 3. The summed E-state index contributed by atoms with van der Waals surface area (Å²) in [5, 5.41) is 8.27. The molecule has 0 aliphatic heterocycles. The van der Waals surface area contributed by atoms with Crippen molar-refractivity contribution in [1.29, 1.82) is 0 Å². The number of halogens is 1. The molecule has 6 nitrogen and oxygen atoms in total. The highest BCUT2D eigenvalue weighted by Crippen LogP contribution is 2.03. The SMILES string of the molecule is CCN(CC)C(N)=NCCc1nnc2ccccn12.I. The summed E-state index contributed by atoms with van der Waals surface area (Å²) in [6, 6.07) is 5.85. The average molecular weight is 388 g/mol. The second kappa shape index (κ2) is 8.03. The van der Waals surface area contributed by atoms with E-state index in [0.717, 1.165) is 31.0 Å². The summed E-state index contributed by atoms with van der Waals surface area (Å²) >= 11 is 0. The highest BCUT2D eigenvalue weighted by molar-refractivity contribution is 14.0. The third-order valence-corrected chi connectivity index (χ3v) is 3.08. The van der Waals surface area contributed by atoms with E-state index in [9.17, 15) is 0 Å². The van der Waals surface area contributed by atoms with E-state index < -0.39 is 0 Å². The molecule has 20 heavy (non-hydrogen) atoms. The third kappa shape index (κ3) is 3.81. The lowest BCUT2D eigenvalue weighted by molar-refractivity contribution is 0.458. The van der Waals surface area contributed by atoms with Crippen LogP contribution in [-0.2, 0) is 6.42 Å². The van der Waals surface area contributed by atoms with E-state index in [2.05, 4.69) is 29.0 Å². The van der Waals surface area contributed by atoms with Crippen LogP contribution in [0.25, 0.3) is 5.65 Å². The lowest BCUT2D eigenvalue weighted by Crippen LogP contribution is -2.37. The molecule has 2 aromatic heterocycles. The molecule has 2 rings (SSSR count). The first-order chi connectivity index (χ1) is 9.26. The zero-order chi connectivity index (χ0) is 13.7. The van der Waals surface area contributed by atoms with Gasteiger partial charge in [0.2, 0.25) is 0 Å². The smallest absolute Gasteiger partial charge is 0.191 e. The predicted molar refractivity (Wildman–Crippen MR) is 91.5 cm³/mol. The molecular weight excluding hydrogens is 367 g/mol. The second-order valence-corrected chi connectivity index (χ2v) is 4.21. The number of nitrogens with two attached hydrogens (primary N) is 1. The summed E-state index contributed by atoms with van der Waals surface area (Å²) in [5.74, 6) is 1.51. The largest absolute Gasteiger partial charge is 0.370 e. The summed E-state index contributed by atoms with van der Waals surface area (Å²) in [4.78, 5) is 6.42. The van der Waals surface area contributed by atoms with Gasteiger partial charge in [-0.2, -0.15) is 0 Å². The van der Waals surface area contributed by atoms with Crippen molar-refractivity contribution < 1.29 is 0 Å². The molecule has 110 valence electrons. The average Bonchev–Trinajstić information content (AvgIpc) is 2.84. The molecule has 2 heterocycles. The van der Waals surface area contributed by atoms with Crippen molar-refractivity contribution in [2.45, 2.75) is 20.3 Å². The first-order valence-electron chi connectivity index (χ1n) is 6.59. The van der Waals surface area contributed by atoms with Gasteiger partial charge in [0, 0.05) is 32.3 Å². The minimum absolute atomic E-state index is 0. The van der Waals surface area contributed by atoms with Crippen LogP contribution in [0.3, 0.4) is 0 Å². The van der Waals surface area contributed by atoms with Gasteiger partial charge in [-0.25, -0.2) is 0 Å². The quantitative estimate of drug-likeness (QED) is 0.479. The standard InChI is InChI=1S/C13H20N6.HI/c1-3-18(4-2)13(14)15-9-8-12-17-16-11-7-5-6-10-19(11)12;/h5-7,10H,3-4,8-9H2,1-2H3,(H2,14,15);1H. The zero-order valence-electron chi connectivity index (χ0n) is 11.9. The van der Waals surface area contributed by atoms with Gasteiger partial charge in [0.05, 0.1) is 0 Å². The Morgan fingerprint density at radius 1 is 1.30 bits per heavy atom. The topological polar surface area (TPSA) is 71.8 Å². The van der Waals surface area contributed by atoms with Crippen LogP contribution >= 0.6 is 24.0 Å². The number of hydrogen-bond donors (Lipinski definition) is 1. The fourth-order valence-electron chi connectivity index (χ4n) is 1.98. The highest BCUT2D eigenvalue weighted by atomic mass is 127.